The standard InChI is InChI=1S/C11H5BrCl2N4O3/c12-6-1-5(2-7(3-6)18(20)21)11(19)17-8-9(13)15-4-16-10(8)14/h1-4H,(H,17,19). The van der Waals surface area contributed by atoms with Crippen LogP contribution >= 0.6 is 39.1 Å². The van der Waals surface area contributed by atoms with Gasteiger partial charge in [0, 0.05) is 22.2 Å². The Kier molecular flexibility index (Phi) is 4.71. The van der Waals surface area contributed by atoms with Crippen LogP contribution in [0.15, 0.2) is 29.0 Å². The minimum atomic E-state index is -0.627. The Morgan fingerprint density at radius 3 is 2.43 bits per heavy atom. The number of benzene rings is 1. The van der Waals surface area contributed by atoms with Crippen LogP contribution in [0.4, 0.5) is 11.4 Å². The number of rotatable bonds is 3. The van der Waals surface area contributed by atoms with Crippen LogP contribution < -0.4 is 5.32 Å². The molecule has 0 atom stereocenters. The summed E-state index contributed by atoms with van der Waals surface area (Å²) in [6.45, 7) is 0. The Bertz CT molecular complexity index is 721. The number of halogens is 3. The molecule has 0 fully saturated rings. The van der Waals surface area contributed by atoms with Crippen LogP contribution in [0, 0.1) is 10.1 Å². The Morgan fingerprint density at radius 2 is 1.86 bits per heavy atom. The largest absolute Gasteiger partial charge is 0.317 e. The van der Waals surface area contributed by atoms with Crippen molar-refractivity contribution in [3.63, 3.8) is 0 Å². The van der Waals surface area contributed by atoms with Gasteiger partial charge >= 0.3 is 0 Å². The molecule has 1 aromatic heterocycles. The number of nitrogens with one attached hydrogen (secondary N) is 1. The second kappa shape index (κ2) is 6.33. The van der Waals surface area contributed by atoms with E-state index in [0.717, 1.165) is 12.4 Å². The van der Waals surface area contributed by atoms with Crippen molar-refractivity contribution in [1.82, 2.24) is 9.97 Å². The van der Waals surface area contributed by atoms with Gasteiger partial charge < -0.3 is 5.32 Å². The van der Waals surface area contributed by atoms with Crippen molar-refractivity contribution in [2.24, 2.45) is 0 Å². The lowest BCUT2D eigenvalue weighted by Crippen LogP contribution is -2.13. The number of non-ortho nitro benzene ring substituents is 1. The summed E-state index contributed by atoms with van der Waals surface area (Å²) in [5.41, 5.74) is -0.128. The lowest BCUT2D eigenvalue weighted by molar-refractivity contribution is -0.384. The van der Waals surface area contributed by atoms with Gasteiger partial charge in [0.05, 0.1) is 4.92 Å². The van der Waals surface area contributed by atoms with Crippen LogP contribution in [0.1, 0.15) is 10.4 Å². The van der Waals surface area contributed by atoms with E-state index in [9.17, 15) is 14.9 Å². The molecular weight excluding hydrogens is 387 g/mol. The van der Waals surface area contributed by atoms with Gasteiger partial charge in [-0.3, -0.25) is 14.9 Å². The molecule has 0 bridgehead atoms. The number of nitro benzene ring substituents is 1. The summed E-state index contributed by atoms with van der Waals surface area (Å²) in [5.74, 6) is -0.627. The number of nitro groups is 1. The van der Waals surface area contributed by atoms with E-state index >= 15 is 0 Å². The van der Waals surface area contributed by atoms with Crippen LogP contribution in [0.3, 0.4) is 0 Å². The fourth-order valence-electron chi connectivity index (χ4n) is 1.44. The zero-order valence-corrected chi connectivity index (χ0v) is 13.1. The molecule has 1 amide bonds. The zero-order valence-electron chi connectivity index (χ0n) is 10.0. The lowest BCUT2D eigenvalue weighted by Gasteiger charge is -2.08. The number of carbonyl (C=O) groups is 1. The summed E-state index contributed by atoms with van der Waals surface area (Å²) in [6, 6.07) is 3.84. The number of hydrogen-bond donors (Lipinski definition) is 1. The van der Waals surface area contributed by atoms with E-state index in [1.54, 1.807) is 0 Å². The average Bonchev–Trinajstić information content (AvgIpc) is 2.42. The third-order valence-corrected chi connectivity index (χ3v) is 3.38. The molecule has 0 unspecified atom stereocenters. The van der Waals surface area contributed by atoms with Gasteiger partial charge in [0.25, 0.3) is 11.6 Å². The van der Waals surface area contributed by atoms with Gasteiger partial charge in [0.15, 0.2) is 10.3 Å². The highest BCUT2D eigenvalue weighted by atomic mass is 79.9. The first-order chi connectivity index (χ1) is 9.88. The molecule has 0 aliphatic carbocycles. The molecule has 1 heterocycles. The Hall–Kier alpha value is -1.77. The molecule has 10 heteroatoms. The monoisotopic (exact) mass is 390 g/mol. The molecule has 21 heavy (non-hydrogen) atoms. The summed E-state index contributed by atoms with van der Waals surface area (Å²) in [5, 5.41) is 13.1. The third kappa shape index (κ3) is 3.66. The number of hydrogen-bond acceptors (Lipinski definition) is 5. The van der Waals surface area contributed by atoms with Crippen LogP contribution in [-0.2, 0) is 0 Å². The molecule has 1 aromatic carbocycles. The predicted octanol–water partition coefficient (Wildman–Crippen LogP) is 3.71. The molecule has 0 saturated heterocycles. The number of amides is 1. The molecule has 0 aliphatic heterocycles. The van der Waals surface area contributed by atoms with Crippen molar-refractivity contribution in [2.75, 3.05) is 5.32 Å². The molecule has 2 aromatic rings. The maximum absolute atomic E-state index is 12.1. The number of carbonyl (C=O) groups excluding carboxylic acids is 1. The van der Waals surface area contributed by atoms with Crippen molar-refractivity contribution >= 4 is 56.4 Å². The third-order valence-electron chi connectivity index (χ3n) is 2.35. The predicted molar refractivity (Wildman–Crippen MR) is 80.8 cm³/mol. The highest BCUT2D eigenvalue weighted by molar-refractivity contribution is 9.10. The SMILES string of the molecule is O=C(Nc1c(Cl)ncnc1Cl)c1cc(Br)cc([N+](=O)[O-])c1. The maximum atomic E-state index is 12.1. The number of aromatic nitrogens is 2. The van der Waals surface area contributed by atoms with Crippen molar-refractivity contribution in [1.29, 1.82) is 0 Å². The van der Waals surface area contributed by atoms with E-state index in [-0.39, 0.29) is 27.2 Å². The molecule has 108 valence electrons. The van der Waals surface area contributed by atoms with E-state index in [1.165, 1.54) is 12.1 Å². The van der Waals surface area contributed by atoms with E-state index < -0.39 is 10.8 Å². The first-order valence-corrected chi connectivity index (χ1v) is 6.85. The van der Waals surface area contributed by atoms with E-state index in [4.69, 9.17) is 23.2 Å². The molecular formula is C11H5BrCl2N4O3. The molecule has 2 rings (SSSR count). The normalized spacial score (nSPS) is 10.2. The molecule has 1 N–H and O–H groups in total. The average molecular weight is 392 g/mol. The number of anilines is 1. The molecule has 0 radical (unpaired) electrons. The molecule has 0 aliphatic rings. The first kappa shape index (κ1) is 15.6. The smallest absolute Gasteiger partial charge is 0.271 e. The van der Waals surface area contributed by atoms with Gasteiger partial charge in [-0.1, -0.05) is 39.1 Å². The highest BCUT2D eigenvalue weighted by Gasteiger charge is 2.17. The Balaban J connectivity index is 2.35. The second-order valence-electron chi connectivity index (χ2n) is 3.74. The summed E-state index contributed by atoms with van der Waals surface area (Å²) < 4.78 is 0.392. The summed E-state index contributed by atoms with van der Waals surface area (Å²) in [4.78, 5) is 29.7. The van der Waals surface area contributed by atoms with Crippen LogP contribution in [0.2, 0.25) is 10.3 Å². The zero-order chi connectivity index (χ0) is 15.6. The lowest BCUT2D eigenvalue weighted by atomic mass is 10.2. The van der Waals surface area contributed by atoms with Crippen molar-refractivity contribution in [3.05, 3.63) is 55.0 Å². The Morgan fingerprint density at radius 1 is 1.24 bits per heavy atom. The summed E-state index contributed by atoms with van der Waals surface area (Å²) >= 11 is 14.7. The molecule has 0 spiro atoms. The van der Waals surface area contributed by atoms with Gasteiger partial charge in [-0.25, -0.2) is 9.97 Å². The quantitative estimate of drug-likeness (QED) is 0.488. The van der Waals surface area contributed by atoms with Crippen molar-refractivity contribution in [3.8, 4) is 0 Å². The maximum Gasteiger partial charge on any atom is 0.271 e. The van der Waals surface area contributed by atoms with Gasteiger partial charge in [-0.15, -0.1) is 0 Å². The molecule has 7 nitrogen and oxygen atoms in total. The summed E-state index contributed by atoms with van der Waals surface area (Å²) in [6.07, 6.45) is 1.14. The van der Waals surface area contributed by atoms with Crippen molar-refractivity contribution in [2.45, 2.75) is 0 Å². The van der Waals surface area contributed by atoms with E-state index in [1.807, 2.05) is 0 Å². The number of nitrogens with zero attached hydrogens (tertiary/aromatic N) is 3. The van der Waals surface area contributed by atoms with E-state index in [2.05, 4.69) is 31.2 Å². The van der Waals surface area contributed by atoms with Gasteiger partial charge in [0.1, 0.15) is 12.0 Å². The Labute approximate surface area is 136 Å². The molecule has 0 saturated carbocycles. The van der Waals surface area contributed by atoms with Crippen LogP contribution in [-0.4, -0.2) is 20.8 Å². The highest BCUT2D eigenvalue weighted by Crippen LogP contribution is 2.27. The minimum absolute atomic E-state index is 0.0344. The fourth-order valence-corrected chi connectivity index (χ4v) is 2.33. The second-order valence-corrected chi connectivity index (χ2v) is 5.37. The van der Waals surface area contributed by atoms with E-state index in [0.29, 0.717) is 4.47 Å². The van der Waals surface area contributed by atoms with Gasteiger partial charge in [0.2, 0.25) is 0 Å². The summed E-state index contributed by atoms with van der Waals surface area (Å²) in [7, 11) is 0. The van der Waals surface area contributed by atoms with Crippen molar-refractivity contribution < 1.29 is 9.72 Å². The topological polar surface area (TPSA) is 98.0 Å². The van der Waals surface area contributed by atoms with Gasteiger partial charge in [-0.05, 0) is 6.07 Å². The fraction of sp³-hybridized carbons (Fsp3) is 0. The minimum Gasteiger partial charge on any atom is -0.317 e. The van der Waals surface area contributed by atoms with Gasteiger partial charge in [-0.2, -0.15) is 0 Å². The van der Waals surface area contributed by atoms with Crippen LogP contribution in [0.25, 0.3) is 0 Å². The first-order valence-electron chi connectivity index (χ1n) is 5.31. The van der Waals surface area contributed by atoms with Crippen LogP contribution in [0.5, 0.6) is 0 Å².